The van der Waals surface area contributed by atoms with Crippen LogP contribution >= 0.6 is 0 Å². The molecule has 0 saturated carbocycles. The second-order valence-electron chi connectivity index (χ2n) is 6.03. The maximum atomic E-state index is 12.3. The van der Waals surface area contributed by atoms with E-state index in [-0.39, 0.29) is 11.8 Å². The Morgan fingerprint density at radius 1 is 0.846 bits per heavy atom. The van der Waals surface area contributed by atoms with Crippen LogP contribution in [0.5, 0.6) is 0 Å². The molecule has 0 fully saturated rings. The predicted molar refractivity (Wildman–Crippen MR) is 102 cm³/mol. The first-order chi connectivity index (χ1) is 12.7. The van der Waals surface area contributed by atoms with Gasteiger partial charge in [-0.15, -0.1) is 0 Å². The van der Waals surface area contributed by atoms with E-state index in [1.165, 1.54) is 5.56 Å². The number of aryl methyl sites for hydroxylation is 1. The highest BCUT2D eigenvalue weighted by Crippen LogP contribution is 2.06. The molecule has 0 atom stereocenters. The van der Waals surface area contributed by atoms with E-state index in [1.807, 2.05) is 18.2 Å². The van der Waals surface area contributed by atoms with Crippen molar-refractivity contribution in [2.75, 3.05) is 26.8 Å². The van der Waals surface area contributed by atoms with Crippen molar-refractivity contribution in [3.63, 3.8) is 0 Å². The molecule has 2 amide bonds. The normalized spacial score (nSPS) is 10.3. The Hall–Kier alpha value is -2.66. The summed E-state index contributed by atoms with van der Waals surface area (Å²) in [5.41, 5.74) is 2.24. The van der Waals surface area contributed by atoms with Gasteiger partial charge < -0.3 is 15.4 Å². The van der Waals surface area contributed by atoms with E-state index in [0.29, 0.717) is 30.8 Å². The van der Waals surface area contributed by atoms with Crippen LogP contribution in [0, 0.1) is 0 Å². The summed E-state index contributed by atoms with van der Waals surface area (Å²) >= 11 is 0. The Labute approximate surface area is 154 Å². The molecule has 0 aromatic heterocycles. The van der Waals surface area contributed by atoms with Crippen LogP contribution in [-0.2, 0) is 11.2 Å². The molecule has 0 radical (unpaired) electrons. The largest absolute Gasteiger partial charge is 0.385 e. The third-order valence-corrected chi connectivity index (χ3v) is 3.97. The van der Waals surface area contributed by atoms with Crippen LogP contribution in [0.2, 0.25) is 0 Å². The number of amides is 2. The summed E-state index contributed by atoms with van der Waals surface area (Å²) in [6.07, 6.45) is 2.55. The Balaban J connectivity index is 1.78. The first-order valence-corrected chi connectivity index (χ1v) is 8.90. The molecule has 2 aromatic rings. The summed E-state index contributed by atoms with van der Waals surface area (Å²) in [7, 11) is 1.63. The fraction of sp³-hybridized carbons (Fsp3) is 0.333. The molecule has 2 rings (SSSR count). The third kappa shape index (κ3) is 6.69. The van der Waals surface area contributed by atoms with Gasteiger partial charge in [-0.25, -0.2) is 0 Å². The zero-order valence-corrected chi connectivity index (χ0v) is 15.2. The molecule has 0 saturated heterocycles. The zero-order chi connectivity index (χ0) is 18.6. The standard InChI is InChI=1S/C21H26N2O3/c1-26-15-7-14-23-21(25)19-12-5-11-18(16-19)20(24)22-13-6-10-17-8-3-2-4-9-17/h2-5,8-9,11-12,16H,6-7,10,13-15H2,1H3,(H,22,24)(H,23,25). The van der Waals surface area contributed by atoms with Crippen LogP contribution in [0.1, 0.15) is 39.1 Å². The summed E-state index contributed by atoms with van der Waals surface area (Å²) in [5, 5.41) is 5.73. The van der Waals surface area contributed by atoms with E-state index in [0.717, 1.165) is 19.3 Å². The van der Waals surface area contributed by atoms with Crippen LogP contribution < -0.4 is 10.6 Å². The molecular formula is C21H26N2O3. The number of nitrogens with one attached hydrogen (secondary N) is 2. The Morgan fingerprint density at radius 3 is 2.08 bits per heavy atom. The van der Waals surface area contributed by atoms with Gasteiger partial charge in [-0.2, -0.15) is 0 Å². The van der Waals surface area contributed by atoms with Crippen LogP contribution in [0.3, 0.4) is 0 Å². The molecule has 0 bridgehead atoms. The number of hydrogen-bond acceptors (Lipinski definition) is 3. The maximum Gasteiger partial charge on any atom is 0.251 e. The van der Waals surface area contributed by atoms with Crippen molar-refractivity contribution < 1.29 is 14.3 Å². The smallest absolute Gasteiger partial charge is 0.251 e. The molecular weight excluding hydrogens is 328 g/mol. The number of methoxy groups -OCH3 is 1. The molecule has 0 heterocycles. The van der Waals surface area contributed by atoms with E-state index in [9.17, 15) is 9.59 Å². The van der Waals surface area contributed by atoms with Gasteiger partial charge in [-0.3, -0.25) is 9.59 Å². The van der Waals surface area contributed by atoms with E-state index < -0.39 is 0 Å². The van der Waals surface area contributed by atoms with Gasteiger partial charge in [0, 0.05) is 37.9 Å². The molecule has 26 heavy (non-hydrogen) atoms. The highest BCUT2D eigenvalue weighted by Gasteiger charge is 2.10. The van der Waals surface area contributed by atoms with Gasteiger partial charge in [0.1, 0.15) is 0 Å². The Kier molecular flexibility index (Phi) is 8.36. The van der Waals surface area contributed by atoms with Crippen LogP contribution in [0.25, 0.3) is 0 Å². The molecule has 5 nitrogen and oxygen atoms in total. The highest BCUT2D eigenvalue weighted by molar-refractivity contribution is 5.99. The summed E-state index contributed by atoms with van der Waals surface area (Å²) in [4.78, 5) is 24.4. The van der Waals surface area contributed by atoms with Crippen molar-refractivity contribution in [3.05, 3.63) is 71.3 Å². The van der Waals surface area contributed by atoms with E-state index >= 15 is 0 Å². The van der Waals surface area contributed by atoms with Crippen molar-refractivity contribution in [2.45, 2.75) is 19.3 Å². The second-order valence-corrected chi connectivity index (χ2v) is 6.03. The monoisotopic (exact) mass is 354 g/mol. The molecule has 0 aliphatic carbocycles. The van der Waals surface area contributed by atoms with Crippen molar-refractivity contribution in [1.82, 2.24) is 10.6 Å². The van der Waals surface area contributed by atoms with Crippen molar-refractivity contribution in [2.24, 2.45) is 0 Å². The minimum Gasteiger partial charge on any atom is -0.385 e. The van der Waals surface area contributed by atoms with E-state index in [1.54, 1.807) is 31.4 Å². The van der Waals surface area contributed by atoms with Gasteiger partial charge >= 0.3 is 0 Å². The zero-order valence-electron chi connectivity index (χ0n) is 15.2. The summed E-state index contributed by atoms with van der Waals surface area (Å²) in [6.45, 7) is 1.75. The molecule has 0 spiro atoms. The lowest BCUT2D eigenvalue weighted by atomic mass is 10.1. The van der Waals surface area contributed by atoms with Crippen molar-refractivity contribution in [3.8, 4) is 0 Å². The summed E-state index contributed by atoms with van der Waals surface area (Å²) < 4.78 is 4.95. The Morgan fingerprint density at radius 2 is 1.46 bits per heavy atom. The number of hydrogen-bond donors (Lipinski definition) is 2. The number of benzene rings is 2. The molecule has 5 heteroatoms. The average molecular weight is 354 g/mol. The molecule has 0 aliphatic rings. The summed E-state index contributed by atoms with van der Waals surface area (Å²) in [6, 6.07) is 17.0. The van der Waals surface area contributed by atoms with Crippen molar-refractivity contribution >= 4 is 11.8 Å². The Bertz CT molecular complexity index is 701. The van der Waals surface area contributed by atoms with Gasteiger partial charge in [-0.05, 0) is 43.0 Å². The van der Waals surface area contributed by atoms with Crippen molar-refractivity contribution in [1.29, 1.82) is 0 Å². The van der Waals surface area contributed by atoms with E-state index in [4.69, 9.17) is 4.74 Å². The van der Waals surface area contributed by atoms with Gasteiger partial charge in [0.2, 0.25) is 0 Å². The van der Waals surface area contributed by atoms with E-state index in [2.05, 4.69) is 22.8 Å². The number of rotatable bonds is 10. The summed E-state index contributed by atoms with van der Waals surface area (Å²) in [5.74, 6) is -0.341. The fourth-order valence-corrected chi connectivity index (χ4v) is 2.56. The van der Waals surface area contributed by atoms with Crippen LogP contribution in [0.15, 0.2) is 54.6 Å². The lowest BCUT2D eigenvalue weighted by molar-refractivity contribution is 0.0948. The topological polar surface area (TPSA) is 67.4 Å². The molecule has 2 N–H and O–H groups in total. The van der Waals surface area contributed by atoms with Crippen LogP contribution in [0.4, 0.5) is 0 Å². The predicted octanol–water partition coefficient (Wildman–Crippen LogP) is 2.82. The lowest BCUT2D eigenvalue weighted by Crippen LogP contribution is -2.27. The SMILES string of the molecule is COCCCNC(=O)c1cccc(C(=O)NCCCc2ccccc2)c1. The fourth-order valence-electron chi connectivity index (χ4n) is 2.56. The first kappa shape index (κ1) is 19.7. The third-order valence-electron chi connectivity index (χ3n) is 3.97. The number of carbonyl (C=O) groups excluding carboxylic acids is 2. The number of carbonyl (C=O) groups is 2. The molecule has 0 unspecified atom stereocenters. The molecule has 138 valence electrons. The van der Waals surface area contributed by atoms with Gasteiger partial charge in [0.05, 0.1) is 0 Å². The average Bonchev–Trinajstić information content (AvgIpc) is 2.69. The molecule has 0 aliphatic heterocycles. The first-order valence-electron chi connectivity index (χ1n) is 8.90. The van der Waals surface area contributed by atoms with Gasteiger partial charge in [0.15, 0.2) is 0 Å². The maximum absolute atomic E-state index is 12.3. The van der Waals surface area contributed by atoms with Gasteiger partial charge in [0.25, 0.3) is 11.8 Å². The number of ether oxygens (including phenoxy) is 1. The molecule has 2 aromatic carbocycles. The van der Waals surface area contributed by atoms with Gasteiger partial charge in [-0.1, -0.05) is 36.4 Å². The second kappa shape index (κ2) is 11.1. The van der Waals surface area contributed by atoms with Crippen LogP contribution in [-0.4, -0.2) is 38.6 Å². The minimum absolute atomic E-state index is 0.160. The quantitative estimate of drug-likeness (QED) is 0.645. The lowest BCUT2D eigenvalue weighted by Gasteiger charge is -2.08. The highest BCUT2D eigenvalue weighted by atomic mass is 16.5. The minimum atomic E-state index is -0.181.